The molecule has 4 nitrogen and oxygen atoms in total. The maximum absolute atomic E-state index is 12.2. The number of hydrogen-bond acceptors (Lipinski definition) is 4. The summed E-state index contributed by atoms with van der Waals surface area (Å²) in [5, 5.41) is 0. The van der Waals surface area contributed by atoms with E-state index in [1.807, 2.05) is 11.9 Å². The smallest absolute Gasteiger partial charge is 0.176 e. The van der Waals surface area contributed by atoms with E-state index in [9.17, 15) is 4.79 Å². The summed E-state index contributed by atoms with van der Waals surface area (Å²) in [6.07, 6.45) is 2.49. The largest absolute Gasteiger partial charge is 0.496 e. The van der Waals surface area contributed by atoms with Gasteiger partial charge in [0, 0.05) is 18.7 Å². The van der Waals surface area contributed by atoms with Crippen molar-refractivity contribution in [1.82, 2.24) is 4.90 Å². The topological polar surface area (TPSA) is 38.8 Å². The van der Waals surface area contributed by atoms with Gasteiger partial charge in [0.2, 0.25) is 0 Å². The number of nitrogens with zero attached hydrogens (tertiary/aromatic N) is 1. The van der Waals surface area contributed by atoms with E-state index in [0.29, 0.717) is 12.1 Å². The zero-order valence-corrected chi connectivity index (χ0v) is 13.5. The average Bonchev–Trinajstić information content (AvgIpc) is 2.91. The molecular weight excluding hydrogens is 322 g/mol. The highest BCUT2D eigenvalue weighted by Crippen LogP contribution is 2.25. The first-order valence-electron chi connectivity index (χ1n) is 6.77. The lowest BCUT2D eigenvalue weighted by atomic mass is 10.1. The number of carbonyl (C=O) groups is 1. The third-order valence-corrected chi connectivity index (χ3v) is 4.05. The van der Waals surface area contributed by atoms with Crippen molar-refractivity contribution in [3.8, 4) is 5.75 Å². The Kier molecular flexibility index (Phi) is 5.57. The van der Waals surface area contributed by atoms with E-state index >= 15 is 0 Å². The number of Topliss-reactive ketones (excluding diaryl/α,β-unsaturated/α-hetero) is 1. The summed E-state index contributed by atoms with van der Waals surface area (Å²) in [6, 6.07) is 5.41. The first-order chi connectivity index (χ1) is 9.60. The van der Waals surface area contributed by atoms with Crippen LogP contribution in [0.25, 0.3) is 0 Å². The molecule has 110 valence electrons. The van der Waals surface area contributed by atoms with E-state index in [-0.39, 0.29) is 11.9 Å². The van der Waals surface area contributed by atoms with Crippen LogP contribution in [0.1, 0.15) is 23.2 Å². The Hall–Kier alpha value is -0.910. The maximum Gasteiger partial charge on any atom is 0.176 e. The molecule has 1 aromatic rings. The molecule has 0 radical (unpaired) electrons. The number of rotatable bonds is 6. The number of methoxy groups -OCH3 is 1. The molecule has 0 amide bonds. The molecule has 20 heavy (non-hydrogen) atoms. The van der Waals surface area contributed by atoms with Gasteiger partial charge in [0.15, 0.2) is 5.78 Å². The minimum atomic E-state index is 0.105. The predicted octanol–water partition coefficient (Wildman–Crippen LogP) is 2.75. The van der Waals surface area contributed by atoms with Crippen LogP contribution in [0, 0.1) is 0 Å². The molecule has 0 N–H and O–H groups in total. The van der Waals surface area contributed by atoms with Crippen molar-refractivity contribution in [1.29, 1.82) is 0 Å². The van der Waals surface area contributed by atoms with Crippen LogP contribution in [0.15, 0.2) is 22.7 Å². The second-order valence-electron chi connectivity index (χ2n) is 5.10. The number of carbonyl (C=O) groups excluding carboxylic acids is 1. The number of ketones is 1. The second kappa shape index (κ2) is 7.20. The Morgan fingerprint density at radius 1 is 1.55 bits per heavy atom. The van der Waals surface area contributed by atoms with Gasteiger partial charge in [-0.05, 0) is 54.0 Å². The molecule has 1 aliphatic heterocycles. The first kappa shape index (κ1) is 15.5. The van der Waals surface area contributed by atoms with Crippen molar-refractivity contribution < 1.29 is 14.3 Å². The average molecular weight is 342 g/mol. The normalized spacial score (nSPS) is 18.5. The summed E-state index contributed by atoms with van der Waals surface area (Å²) in [5.74, 6) is 0.836. The first-order valence-corrected chi connectivity index (χ1v) is 7.56. The molecule has 2 rings (SSSR count). The van der Waals surface area contributed by atoms with E-state index in [1.165, 1.54) is 0 Å². The summed E-state index contributed by atoms with van der Waals surface area (Å²) in [6.45, 7) is 2.06. The van der Waals surface area contributed by atoms with E-state index in [1.54, 1.807) is 25.3 Å². The molecule has 1 unspecified atom stereocenters. The molecule has 1 heterocycles. The third-order valence-electron chi connectivity index (χ3n) is 3.43. The predicted molar refractivity (Wildman–Crippen MR) is 81.5 cm³/mol. The molecule has 5 heteroatoms. The monoisotopic (exact) mass is 341 g/mol. The molecule has 0 aromatic heterocycles. The third kappa shape index (κ3) is 4.04. The Balaban J connectivity index is 1.91. The van der Waals surface area contributed by atoms with Crippen LogP contribution in [-0.2, 0) is 4.74 Å². The van der Waals surface area contributed by atoms with Gasteiger partial charge in [-0.1, -0.05) is 0 Å². The number of hydrogen-bond donors (Lipinski definition) is 0. The summed E-state index contributed by atoms with van der Waals surface area (Å²) >= 11 is 3.40. The van der Waals surface area contributed by atoms with Crippen molar-refractivity contribution in [2.24, 2.45) is 0 Å². The highest BCUT2D eigenvalue weighted by molar-refractivity contribution is 9.10. The van der Waals surface area contributed by atoms with Gasteiger partial charge >= 0.3 is 0 Å². The van der Waals surface area contributed by atoms with Gasteiger partial charge < -0.3 is 9.47 Å². The SMILES string of the molecule is COc1ccc(C(=O)CN(C)CC2CCCO2)cc1Br. The Morgan fingerprint density at radius 2 is 2.35 bits per heavy atom. The lowest BCUT2D eigenvalue weighted by Gasteiger charge is -2.19. The van der Waals surface area contributed by atoms with Crippen molar-refractivity contribution >= 4 is 21.7 Å². The minimum Gasteiger partial charge on any atom is -0.496 e. The van der Waals surface area contributed by atoms with E-state index < -0.39 is 0 Å². The van der Waals surface area contributed by atoms with Gasteiger partial charge in [0.05, 0.1) is 24.2 Å². The van der Waals surface area contributed by atoms with Crippen LogP contribution in [-0.4, -0.2) is 50.6 Å². The molecule has 1 fully saturated rings. The summed E-state index contributed by atoms with van der Waals surface area (Å²) in [5.41, 5.74) is 0.692. The molecule has 0 saturated carbocycles. The highest BCUT2D eigenvalue weighted by Gasteiger charge is 2.19. The van der Waals surface area contributed by atoms with Crippen molar-refractivity contribution in [3.63, 3.8) is 0 Å². The molecule has 0 aliphatic carbocycles. The minimum absolute atomic E-state index is 0.105. The zero-order valence-electron chi connectivity index (χ0n) is 11.9. The number of ether oxygens (including phenoxy) is 2. The van der Waals surface area contributed by atoms with Crippen LogP contribution in [0.3, 0.4) is 0 Å². The summed E-state index contributed by atoms with van der Waals surface area (Å²) in [7, 11) is 3.56. The fourth-order valence-corrected chi connectivity index (χ4v) is 2.92. The van der Waals surface area contributed by atoms with Crippen LogP contribution < -0.4 is 4.74 Å². The quantitative estimate of drug-likeness (QED) is 0.746. The summed E-state index contributed by atoms with van der Waals surface area (Å²) in [4.78, 5) is 14.3. The van der Waals surface area contributed by atoms with Crippen LogP contribution in [0.5, 0.6) is 5.75 Å². The maximum atomic E-state index is 12.2. The highest BCUT2D eigenvalue weighted by atomic mass is 79.9. The van der Waals surface area contributed by atoms with E-state index in [2.05, 4.69) is 15.9 Å². The molecule has 1 aromatic carbocycles. The van der Waals surface area contributed by atoms with Crippen molar-refractivity contribution in [2.45, 2.75) is 18.9 Å². The zero-order chi connectivity index (χ0) is 14.5. The fraction of sp³-hybridized carbons (Fsp3) is 0.533. The lowest BCUT2D eigenvalue weighted by molar-refractivity contribution is 0.0740. The van der Waals surface area contributed by atoms with Crippen molar-refractivity contribution in [2.75, 3.05) is 33.9 Å². The lowest BCUT2D eigenvalue weighted by Crippen LogP contribution is -2.33. The van der Waals surface area contributed by atoms with Gasteiger partial charge in [0.25, 0.3) is 0 Å². The van der Waals surface area contributed by atoms with Crippen LogP contribution in [0.2, 0.25) is 0 Å². The van der Waals surface area contributed by atoms with Crippen molar-refractivity contribution in [3.05, 3.63) is 28.2 Å². The van der Waals surface area contributed by atoms with Gasteiger partial charge in [-0.2, -0.15) is 0 Å². The second-order valence-corrected chi connectivity index (χ2v) is 5.96. The number of benzene rings is 1. The van der Waals surface area contributed by atoms with Gasteiger partial charge in [-0.15, -0.1) is 0 Å². The van der Waals surface area contributed by atoms with Gasteiger partial charge in [0.1, 0.15) is 5.75 Å². The van der Waals surface area contributed by atoms with Gasteiger partial charge in [-0.3, -0.25) is 9.69 Å². The van der Waals surface area contributed by atoms with Gasteiger partial charge in [-0.25, -0.2) is 0 Å². The number of halogens is 1. The van der Waals surface area contributed by atoms with Crippen LogP contribution >= 0.6 is 15.9 Å². The molecule has 0 bridgehead atoms. The molecule has 1 aliphatic rings. The molecular formula is C15H20BrNO3. The van der Waals surface area contributed by atoms with E-state index in [0.717, 1.165) is 36.2 Å². The van der Waals surface area contributed by atoms with E-state index in [4.69, 9.17) is 9.47 Å². The molecule has 1 saturated heterocycles. The Labute approximate surface area is 128 Å². The molecule has 0 spiro atoms. The molecule has 1 atom stereocenters. The Morgan fingerprint density at radius 3 is 2.95 bits per heavy atom. The Bertz CT molecular complexity index is 472. The summed E-state index contributed by atoms with van der Waals surface area (Å²) < 4.78 is 11.5. The fourth-order valence-electron chi connectivity index (χ4n) is 2.38. The standard InChI is InChI=1S/C15H20BrNO3/c1-17(9-12-4-3-7-20-12)10-14(18)11-5-6-15(19-2)13(16)8-11/h5-6,8,12H,3-4,7,9-10H2,1-2H3. The van der Waals surface area contributed by atoms with Crippen LogP contribution in [0.4, 0.5) is 0 Å². The number of likely N-dealkylation sites (N-methyl/N-ethyl adjacent to an activating group) is 1.